The molecule has 0 aliphatic heterocycles. The first-order chi connectivity index (χ1) is 8.67. The second-order valence-electron chi connectivity index (χ2n) is 4.24. The van der Waals surface area contributed by atoms with Gasteiger partial charge < -0.3 is 4.42 Å². The average molecular weight is 263 g/mol. The Balaban J connectivity index is 1.91. The van der Waals surface area contributed by atoms with Gasteiger partial charge in [0.05, 0.1) is 6.54 Å². The summed E-state index contributed by atoms with van der Waals surface area (Å²) in [5.41, 5.74) is 1.28. The van der Waals surface area contributed by atoms with Crippen LogP contribution in [0.5, 0.6) is 0 Å². The van der Waals surface area contributed by atoms with Gasteiger partial charge in [-0.25, -0.2) is 0 Å². The highest BCUT2D eigenvalue weighted by molar-refractivity contribution is 7.98. The zero-order valence-corrected chi connectivity index (χ0v) is 11.7. The number of thioether (sulfide) groups is 1. The number of rotatable bonds is 5. The maximum atomic E-state index is 5.36. The number of hydrogen-bond donors (Lipinski definition) is 0. The predicted octanol–water partition coefficient (Wildman–Crippen LogP) is 2.73. The third-order valence-electron chi connectivity index (χ3n) is 2.58. The Morgan fingerprint density at radius 1 is 1.17 bits per heavy atom. The van der Waals surface area contributed by atoms with E-state index in [1.807, 2.05) is 7.05 Å². The van der Waals surface area contributed by atoms with Crippen LogP contribution >= 0.6 is 11.8 Å². The van der Waals surface area contributed by atoms with Gasteiger partial charge in [0, 0.05) is 18.4 Å². The predicted molar refractivity (Wildman–Crippen MR) is 72.4 cm³/mol. The molecular formula is C13H17N3OS. The molecule has 5 heteroatoms. The Labute approximate surface area is 111 Å². The standard InChI is InChI=1S/C13H17N3OS/c1-10-14-15-13(17-10)9-16(2)8-11-4-6-12(18-3)7-5-11/h4-7H,8-9H2,1-3H3. The van der Waals surface area contributed by atoms with E-state index in [1.54, 1.807) is 18.7 Å². The molecule has 1 aromatic heterocycles. The van der Waals surface area contributed by atoms with E-state index < -0.39 is 0 Å². The van der Waals surface area contributed by atoms with Crippen molar-refractivity contribution in [2.24, 2.45) is 0 Å². The van der Waals surface area contributed by atoms with Crippen molar-refractivity contribution in [3.63, 3.8) is 0 Å². The Bertz CT molecular complexity index is 495. The summed E-state index contributed by atoms with van der Waals surface area (Å²) in [5.74, 6) is 1.28. The molecule has 2 rings (SSSR count). The highest BCUT2D eigenvalue weighted by atomic mass is 32.2. The Morgan fingerprint density at radius 2 is 1.89 bits per heavy atom. The van der Waals surface area contributed by atoms with Crippen LogP contribution in [0.15, 0.2) is 33.6 Å². The Hall–Kier alpha value is -1.33. The summed E-state index contributed by atoms with van der Waals surface area (Å²) >= 11 is 1.75. The largest absolute Gasteiger partial charge is 0.424 e. The van der Waals surface area contributed by atoms with Crippen LogP contribution in [-0.2, 0) is 13.1 Å². The van der Waals surface area contributed by atoms with Crippen LogP contribution in [0.2, 0.25) is 0 Å². The second-order valence-corrected chi connectivity index (χ2v) is 5.11. The van der Waals surface area contributed by atoms with Crippen LogP contribution in [0.3, 0.4) is 0 Å². The van der Waals surface area contributed by atoms with Crippen LogP contribution in [0.25, 0.3) is 0 Å². The summed E-state index contributed by atoms with van der Waals surface area (Å²) in [7, 11) is 2.04. The maximum Gasteiger partial charge on any atom is 0.230 e. The molecule has 96 valence electrons. The lowest BCUT2D eigenvalue weighted by Crippen LogP contribution is -2.17. The van der Waals surface area contributed by atoms with Crippen LogP contribution < -0.4 is 0 Å². The van der Waals surface area contributed by atoms with Gasteiger partial charge in [-0.1, -0.05) is 12.1 Å². The highest BCUT2D eigenvalue weighted by Crippen LogP contribution is 2.16. The van der Waals surface area contributed by atoms with Crippen molar-refractivity contribution in [3.8, 4) is 0 Å². The first kappa shape index (κ1) is 13.1. The molecule has 2 aromatic rings. The van der Waals surface area contributed by atoms with Gasteiger partial charge in [0.1, 0.15) is 0 Å². The highest BCUT2D eigenvalue weighted by Gasteiger charge is 2.07. The van der Waals surface area contributed by atoms with E-state index in [0.29, 0.717) is 18.3 Å². The summed E-state index contributed by atoms with van der Waals surface area (Å²) in [6.45, 7) is 3.35. The third kappa shape index (κ3) is 3.58. The van der Waals surface area contributed by atoms with Gasteiger partial charge in [-0.2, -0.15) is 0 Å². The Morgan fingerprint density at radius 3 is 2.44 bits per heavy atom. The number of nitrogens with zero attached hydrogens (tertiary/aromatic N) is 3. The minimum atomic E-state index is 0.614. The van der Waals surface area contributed by atoms with Crippen molar-refractivity contribution in [3.05, 3.63) is 41.6 Å². The third-order valence-corrected chi connectivity index (χ3v) is 3.33. The van der Waals surface area contributed by atoms with Gasteiger partial charge in [0.2, 0.25) is 11.8 Å². The van der Waals surface area contributed by atoms with E-state index >= 15 is 0 Å². The topological polar surface area (TPSA) is 42.2 Å². The second kappa shape index (κ2) is 6.02. The van der Waals surface area contributed by atoms with Crippen molar-refractivity contribution in [1.82, 2.24) is 15.1 Å². The van der Waals surface area contributed by atoms with Crippen molar-refractivity contribution < 1.29 is 4.42 Å². The molecule has 1 aromatic carbocycles. The molecule has 0 atom stereocenters. The summed E-state index contributed by atoms with van der Waals surface area (Å²) < 4.78 is 5.36. The molecule has 0 bridgehead atoms. The molecule has 0 aliphatic rings. The fourth-order valence-electron chi connectivity index (χ4n) is 1.73. The zero-order valence-electron chi connectivity index (χ0n) is 10.9. The van der Waals surface area contributed by atoms with Crippen molar-refractivity contribution >= 4 is 11.8 Å². The van der Waals surface area contributed by atoms with Crippen molar-refractivity contribution in [1.29, 1.82) is 0 Å². The van der Waals surface area contributed by atoms with E-state index in [9.17, 15) is 0 Å². The van der Waals surface area contributed by atoms with E-state index in [0.717, 1.165) is 6.54 Å². The fourth-order valence-corrected chi connectivity index (χ4v) is 2.14. The average Bonchev–Trinajstić information content (AvgIpc) is 2.75. The lowest BCUT2D eigenvalue weighted by molar-refractivity contribution is 0.279. The minimum absolute atomic E-state index is 0.614. The summed E-state index contributed by atoms with van der Waals surface area (Å²) in [5, 5.41) is 7.82. The van der Waals surface area contributed by atoms with E-state index in [4.69, 9.17) is 4.42 Å². The molecule has 4 nitrogen and oxygen atoms in total. The fraction of sp³-hybridized carbons (Fsp3) is 0.385. The van der Waals surface area contributed by atoms with Crippen molar-refractivity contribution in [2.75, 3.05) is 13.3 Å². The number of hydrogen-bond acceptors (Lipinski definition) is 5. The lowest BCUT2D eigenvalue weighted by atomic mass is 10.2. The van der Waals surface area contributed by atoms with E-state index in [2.05, 4.69) is 45.6 Å². The van der Waals surface area contributed by atoms with Gasteiger partial charge in [-0.3, -0.25) is 4.90 Å². The molecule has 18 heavy (non-hydrogen) atoms. The van der Waals surface area contributed by atoms with E-state index in [1.165, 1.54) is 10.5 Å². The molecule has 0 saturated carbocycles. The Kier molecular flexibility index (Phi) is 4.38. The monoisotopic (exact) mass is 263 g/mol. The van der Waals surface area contributed by atoms with Gasteiger partial charge in [0.25, 0.3) is 0 Å². The summed E-state index contributed by atoms with van der Waals surface area (Å²) in [4.78, 5) is 3.44. The minimum Gasteiger partial charge on any atom is -0.424 e. The van der Waals surface area contributed by atoms with Gasteiger partial charge >= 0.3 is 0 Å². The van der Waals surface area contributed by atoms with Crippen LogP contribution in [-0.4, -0.2) is 28.4 Å². The first-order valence-electron chi connectivity index (χ1n) is 5.78. The molecular weight excluding hydrogens is 246 g/mol. The van der Waals surface area contributed by atoms with Gasteiger partial charge in [-0.05, 0) is 31.0 Å². The maximum absolute atomic E-state index is 5.36. The molecule has 0 aliphatic carbocycles. The molecule has 0 unspecified atom stereocenters. The molecule has 0 fully saturated rings. The SMILES string of the molecule is CSc1ccc(CN(C)Cc2nnc(C)o2)cc1. The van der Waals surface area contributed by atoms with Crippen LogP contribution in [0, 0.1) is 6.92 Å². The molecule has 0 saturated heterocycles. The molecule has 0 radical (unpaired) electrons. The number of aryl methyl sites for hydroxylation is 1. The van der Waals surface area contributed by atoms with Crippen LogP contribution in [0.4, 0.5) is 0 Å². The molecule has 0 N–H and O–H groups in total. The molecule has 0 amide bonds. The molecule has 1 heterocycles. The quantitative estimate of drug-likeness (QED) is 0.776. The smallest absolute Gasteiger partial charge is 0.230 e. The van der Waals surface area contributed by atoms with E-state index in [-0.39, 0.29) is 0 Å². The summed E-state index contributed by atoms with van der Waals surface area (Å²) in [6.07, 6.45) is 2.08. The van der Waals surface area contributed by atoms with Crippen molar-refractivity contribution in [2.45, 2.75) is 24.9 Å². The zero-order chi connectivity index (χ0) is 13.0. The number of benzene rings is 1. The normalized spacial score (nSPS) is 11.1. The molecule has 0 spiro atoms. The van der Waals surface area contributed by atoms with Gasteiger partial charge in [-0.15, -0.1) is 22.0 Å². The van der Waals surface area contributed by atoms with Gasteiger partial charge in [0.15, 0.2) is 0 Å². The lowest BCUT2D eigenvalue weighted by Gasteiger charge is -2.14. The number of aromatic nitrogens is 2. The first-order valence-corrected chi connectivity index (χ1v) is 7.00. The van der Waals surface area contributed by atoms with Crippen LogP contribution in [0.1, 0.15) is 17.3 Å². The summed E-state index contributed by atoms with van der Waals surface area (Å²) in [6, 6.07) is 8.60.